The monoisotopic (exact) mass is 182 g/mol. The zero-order valence-electron chi connectivity index (χ0n) is 5.38. The predicted octanol–water partition coefficient (Wildman–Crippen LogP) is -0.0103. The maximum Gasteiger partial charge on any atom is 0.140 e. The third-order valence-corrected chi connectivity index (χ3v) is 1.29. The van der Waals surface area contributed by atoms with E-state index < -0.39 is 5.23 Å². The Labute approximate surface area is 70.0 Å². The molecule has 2 N–H and O–H groups in total. The van der Waals surface area contributed by atoms with Gasteiger partial charge in [-0.3, -0.25) is 0 Å². The largest absolute Gasteiger partial charge is 0.595 e. The summed E-state index contributed by atoms with van der Waals surface area (Å²) in [7, 11) is 0. The normalized spacial score (nSPS) is 19.2. The van der Waals surface area contributed by atoms with E-state index in [9.17, 15) is 5.21 Å². The molecule has 4 heteroatoms. The van der Waals surface area contributed by atoms with Crippen LogP contribution >= 0.6 is 0 Å². The standard InChI is InChI=1S/C6H9NO2.Mn/c8-7(9)6-4-2-1-3-5-6;/h1-2,4,7-8H,3,5H2;. The molecule has 1 rings (SSSR count). The molecule has 1 aliphatic carbocycles. The maximum atomic E-state index is 10.3. The molecule has 57 valence electrons. The van der Waals surface area contributed by atoms with Crippen LogP contribution in [-0.2, 0) is 17.1 Å². The second kappa shape index (κ2) is 4.66. The number of rotatable bonds is 1. The average molecular weight is 182 g/mol. The molecule has 0 aromatic rings. The van der Waals surface area contributed by atoms with E-state index in [1.165, 1.54) is 0 Å². The van der Waals surface area contributed by atoms with E-state index in [-0.39, 0.29) is 17.1 Å². The van der Waals surface area contributed by atoms with Crippen molar-refractivity contribution in [2.45, 2.75) is 12.8 Å². The van der Waals surface area contributed by atoms with Gasteiger partial charge in [-0.05, 0) is 12.5 Å². The number of hydrogen-bond acceptors (Lipinski definition) is 2. The first-order chi connectivity index (χ1) is 4.30. The zero-order valence-corrected chi connectivity index (χ0v) is 6.56. The van der Waals surface area contributed by atoms with Crippen LogP contribution in [0.1, 0.15) is 12.8 Å². The number of nitrogens with one attached hydrogen (secondary N) is 1. The van der Waals surface area contributed by atoms with E-state index in [1.54, 1.807) is 12.2 Å². The zero-order chi connectivity index (χ0) is 6.69. The van der Waals surface area contributed by atoms with Crippen molar-refractivity contribution < 1.29 is 27.5 Å². The summed E-state index contributed by atoms with van der Waals surface area (Å²) in [6.45, 7) is 0. The second-order valence-electron chi connectivity index (χ2n) is 1.96. The van der Waals surface area contributed by atoms with E-state index >= 15 is 0 Å². The quantitative estimate of drug-likeness (QED) is 0.442. The Morgan fingerprint density at radius 1 is 1.60 bits per heavy atom. The van der Waals surface area contributed by atoms with Crippen molar-refractivity contribution in [3.8, 4) is 0 Å². The molecular formula is C6H9MnNO2. The van der Waals surface area contributed by atoms with Gasteiger partial charge in [0.05, 0.1) is 0 Å². The maximum absolute atomic E-state index is 10.3. The molecule has 10 heavy (non-hydrogen) atoms. The van der Waals surface area contributed by atoms with Gasteiger partial charge >= 0.3 is 0 Å². The van der Waals surface area contributed by atoms with Gasteiger partial charge in [-0.15, -0.1) is 0 Å². The summed E-state index contributed by atoms with van der Waals surface area (Å²) in [5.41, 5.74) is 0.512. The van der Waals surface area contributed by atoms with Crippen molar-refractivity contribution in [3.63, 3.8) is 0 Å². The van der Waals surface area contributed by atoms with Gasteiger partial charge in [-0.2, -0.15) is 5.23 Å². The molecule has 0 aliphatic heterocycles. The smallest absolute Gasteiger partial charge is 0.140 e. The SMILES string of the molecule is [Mn].[O-][NH+](O)C1=CC=CCC1. The number of hydrogen-bond donors (Lipinski definition) is 2. The van der Waals surface area contributed by atoms with Gasteiger partial charge in [0.25, 0.3) is 0 Å². The molecule has 0 saturated heterocycles. The van der Waals surface area contributed by atoms with Crippen molar-refractivity contribution in [3.05, 3.63) is 29.1 Å². The van der Waals surface area contributed by atoms with E-state index in [0.717, 1.165) is 6.42 Å². The number of quaternary nitrogens is 1. The topological polar surface area (TPSA) is 47.7 Å². The van der Waals surface area contributed by atoms with Crippen molar-refractivity contribution in [1.82, 2.24) is 0 Å². The summed E-state index contributed by atoms with van der Waals surface area (Å²) in [6, 6.07) is 0. The Hall–Kier alpha value is -0.121. The van der Waals surface area contributed by atoms with Gasteiger partial charge in [0, 0.05) is 23.5 Å². The van der Waals surface area contributed by atoms with E-state index in [4.69, 9.17) is 5.21 Å². The molecule has 0 bridgehead atoms. The molecule has 0 spiro atoms. The Kier molecular flexibility index (Phi) is 4.60. The number of hydroxylamine groups is 2. The van der Waals surface area contributed by atoms with Crippen LogP contribution in [0.15, 0.2) is 23.9 Å². The molecule has 3 nitrogen and oxygen atoms in total. The average Bonchev–Trinajstić information content (AvgIpc) is 1.90. The molecular weight excluding hydrogens is 173 g/mol. The van der Waals surface area contributed by atoms with Crippen LogP contribution < -0.4 is 5.23 Å². The Balaban J connectivity index is 0.000000810. The van der Waals surface area contributed by atoms with Crippen molar-refractivity contribution in [2.24, 2.45) is 0 Å². The molecule has 0 aromatic heterocycles. The fourth-order valence-corrected chi connectivity index (χ4v) is 0.781. The van der Waals surface area contributed by atoms with Crippen molar-refractivity contribution >= 4 is 0 Å². The minimum absolute atomic E-state index is 0. The van der Waals surface area contributed by atoms with Gasteiger partial charge < -0.3 is 5.21 Å². The van der Waals surface area contributed by atoms with E-state index in [0.29, 0.717) is 12.1 Å². The molecule has 0 fully saturated rings. The van der Waals surface area contributed by atoms with Crippen LogP contribution in [0.3, 0.4) is 0 Å². The van der Waals surface area contributed by atoms with Crippen LogP contribution in [0, 0.1) is 5.21 Å². The first-order valence-corrected chi connectivity index (χ1v) is 2.89. The molecule has 0 saturated carbocycles. The molecule has 1 radical (unpaired) electrons. The van der Waals surface area contributed by atoms with Gasteiger partial charge in [0.2, 0.25) is 0 Å². The van der Waals surface area contributed by atoms with Crippen molar-refractivity contribution in [2.75, 3.05) is 0 Å². The summed E-state index contributed by atoms with van der Waals surface area (Å²) in [5.74, 6) is 0. The summed E-state index contributed by atoms with van der Waals surface area (Å²) >= 11 is 0. The molecule has 0 heterocycles. The minimum Gasteiger partial charge on any atom is -0.595 e. The van der Waals surface area contributed by atoms with Crippen LogP contribution in [0.5, 0.6) is 0 Å². The first kappa shape index (κ1) is 9.88. The molecule has 1 unspecified atom stereocenters. The Morgan fingerprint density at radius 3 is 2.60 bits per heavy atom. The van der Waals surface area contributed by atoms with Gasteiger partial charge in [0.15, 0.2) is 0 Å². The molecule has 1 aliphatic rings. The van der Waals surface area contributed by atoms with Crippen LogP contribution in [0.4, 0.5) is 0 Å². The predicted molar refractivity (Wildman–Crippen MR) is 32.6 cm³/mol. The van der Waals surface area contributed by atoms with Crippen LogP contribution in [0.2, 0.25) is 0 Å². The van der Waals surface area contributed by atoms with Crippen LogP contribution in [0.25, 0.3) is 0 Å². The van der Waals surface area contributed by atoms with Gasteiger partial charge in [-0.25, -0.2) is 5.21 Å². The third-order valence-electron chi connectivity index (χ3n) is 1.29. The third kappa shape index (κ3) is 2.64. The summed E-state index contributed by atoms with van der Waals surface area (Å²) < 4.78 is 0. The van der Waals surface area contributed by atoms with E-state index in [2.05, 4.69) is 0 Å². The Morgan fingerprint density at radius 2 is 2.30 bits per heavy atom. The summed E-state index contributed by atoms with van der Waals surface area (Å²) in [4.78, 5) is 0. The summed E-state index contributed by atoms with van der Waals surface area (Å²) in [5, 5.41) is 17.9. The molecule has 1 atom stereocenters. The fraction of sp³-hybridized carbons (Fsp3) is 0.333. The second-order valence-corrected chi connectivity index (χ2v) is 1.96. The summed E-state index contributed by atoms with van der Waals surface area (Å²) in [6.07, 6.45) is 6.93. The van der Waals surface area contributed by atoms with Crippen molar-refractivity contribution in [1.29, 1.82) is 0 Å². The Bertz CT molecular complexity index is 154. The van der Waals surface area contributed by atoms with Gasteiger partial charge in [-0.1, -0.05) is 12.2 Å². The minimum atomic E-state index is -0.792. The fourth-order valence-electron chi connectivity index (χ4n) is 0.781. The van der Waals surface area contributed by atoms with Gasteiger partial charge in [0.1, 0.15) is 5.70 Å². The van der Waals surface area contributed by atoms with E-state index in [1.807, 2.05) is 6.08 Å². The number of allylic oxidation sites excluding steroid dienone is 4. The first-order valence-electron chi connectivity index (χ1n) is 2.89. The molecule has 0 aromatic carbocycles. The van der Waals surface area contributed by atoms with Crippen LogP contribution in [-0.4, -0.2) is 5.21 Å². The molecule has 0 amide bonds.